The lowest BCUT2D eigenvalue weighted by molar-refractivity contribution is 0.191. The highest BCUT2D eigenvalue weighted by molar-refractivity contribution is 5.47. The zero-order chi connectivity index (χ0) is 15.4. The standard InChI is InChI=1S/C16H28N4O/c1-5-17-12(2)16-7-6-13(9-18-16)20-11-15(21)8-14(20)10-19(3)4/h6-7,9,12,14-15,17,21H,5,8,10-11H2,1-4H3. The predicted molar refractivity (Wildman–Crippen MR) is 86.6 cm³/mol. The molecule has 1 aliphatic heterocycles. The van der Waals surface area contributed by atoms with Crippen LogP contribution in [0, 0.1) is 0 Å². The van der Waals surface area contributed by atoms with Crippen LogP contribution in [0.4, 0.5) is 5.69 Å². The minimum Gasteiger partial charge on any atom is -0.391 e. The molecule has 2 N–H and O–H groups in total. The number of rotatable bonds is 6. The van der Waals surface area contributed by atoms with Gasteiger partial charge in [0.1, 0.15) is 0 Å². The molecule has 1 saturated heterocycles. The highest BCUT2D eigenvalue weighted by Gasteiger charge is 2.31. The molecule has 0 saturated carbocycles. The summed E-state index contributed by atoms with van der Waals surface area (Å²) in [5.41, 5.74) is 2.16. The molecule has 1 aromatic rings. The van der Waals surface area contributed by atoms with Gasteiger partial charge in [0.25, 0.3) is 0 Å². The lowest BCUT2D eigenvalue weighted by Crippen LogP contribution is -2.37. The molecule has 5 heteroatoms. The Morgan fingerprint density at radius 1 is 1.48 bits per heavy atom. The molecule has 0 radical (unpaired) electrons. The van der Waals surface area contributed by atoms with Crippen molar-refractivity contribution < 1.29 is 5.11 Å². The highest BCUT2D eigenvalue weighted by atomic mass is 16.3. The molecule has 1 aliphatic rings. The Kier molecular flexibility index (Phi) is 5.56. The first-order chi connectivity index (χ1) is 10.0. The second kappa shape index (κ2) is 7.20. The first kappa shape index (κ1) is 16.2. The van der Waals surface area contributed by atoms with Crippen LogP contribution in [0.5, 0.6) is 0 Å². The molecule has 118 valence electrons. The fourth-order valence-electron chi connectivity index (χ4n) is 3.04. The summed E-state index contributed by atoms with van der Waals surface area (Å²) in [5, 5.41) is 13.3. The molecule has 0 amide bonds. The number of likely N-dealkylation sites (N-methyl/N-ethyl adjacent to an activating group) is 1. The molecule has 1 fully saturated rings. The van der Waals surface area contributed by atoms with E-state index in [1.165, 1.54) is 0 Å². The highest BCUT2D eigenvalue weighted by Crippen LogP contribution is 2.26. The molecule has 0 aliphatic carbocycles. The summed E-state index contributed by atoms with van der Waals surface area (Å²) in [6.45, 7) is 6.81. The van der Waals surface area contributed by atoms with E-state index in [2.05, 4.69) is 60.2 Å². The van der Waals surface area contributed by atoms with Gasteiger partial charge in [-0.05, 0) is 46.1 Å². The third-order valence-corrected chi connectivity index (χ3v) is 4.02. The molecule has 3 atom stereocenters. The van der Waals surface area contributed by atoms with Gasteiger partial charge in [0, 0.05) is 25.2 Å². The average Bonchev–Trinajstić information content (AvgIpc) is 2.79. The third-order valence-electron chi connectivity index (χ3n) is 4.02. The second-order valence-electron chi connectivity index (χ2n) is 6.18. The van der Waals surface area contributed by atoms with Gasteiger partial charge >= 0.3 is 0 Å². The van der Waals surface area contributed by atoms with Crippen molar-refractivity contribution in [1.29, 1.82) is 0 Å². The summed E-state index contributed by atoms with van der Waals surface area (Å²) in [6.07, 6.45) is 2.52. The molecule has 2 heterocycles. The number of aromatic nitrogens is 1. The van der Waals surface area contributed by atoms with E-state index in [1.807, 2.05) is 6.20 Å². The zero-order valence-electron chi connectivity index (χ0n) is 13.6. The largest absolute Gasteiger partial charge is 0.391 e. The van der Waals surface area contributed by atoms with Crippen LogP contribution in [0.2, 0.25) is 0 Å². The van der Waals surface area contributed by atoms with Crippen molar-refractivity contribution in [2.75, 3.05) is 38.6 Å². The fraction of sp³-hybridized carbons (Fsp3) is 0.688. The van der Waals surface area contributed by atoms with Gasteiger partial charge < -0.3 is 20.2 Å². The van der Waals surface area contributed by atoms with E-state index in [0.717, 1.165) is 30.9 Å². The van der Waals surface area contributed by atoms with Crippen LogP contribution >= 0.6 is 0 Å². The average molecular weight is 292 g/mol. The fourth-order valence-corrected chi connectivity index (χ4v) is 3.04. The number of nitrogens with zero attached hydrogens (tertiary/aromatic N) is 3. The van der Waals surface area contributed by atoms with E-state index in [4.69, 9.17) is 0 Å². The Morgan fingerprint density at radius 2 is 2.24 bits per heavy atom. The second-order valence-corrected chi connectivity index (χ2v) is 6.18. The van der Waals surface area contributed by atoms with Gasteiger partial charge in [-0.1, -0.05) is 6.92 Å². The number of aliphatic hydroxyl groups excluding tert-OH is 1. The lowest BCUT2D eigenvalue weighted by atomic mass is 10.1. The van der Waals surface area contributed by atoms with Crippen LogP contribution in [0.25, 0.3) is 0 Å². The minimum absolute atomic E-state index is 0.240. The minimum atomic E-state index is -0.240. The van der Waals surface area contributed by atoms with E-state index in [0.29, 0.717) is 12.6 Å². The number of hydrogen-bond donors (Lipinski definition) is 2. The molecule has 5 nitrogen and oxygen atoms in total. The summed E-state index contributed by atoms with van der Waals surface area (Å²) >= 11 is 0. The molecule has 1 aromatic heterocycles. The van der Waals surface area contributed by atoms with Crippen LogP contribution in [0.15, 0.2) is 18.3 Å². The van der Waals surface area contributed by atoms with Crippen LogP contribution in [-0.2, 0) is 0 Å². The van der Waals surface area contributed by atoms with Crippen LogP contribution in [0.3, 0.4) is 0 Å². The van der Waals surface area contributed by atoms with Gasteiger partial charge in [0.05, 0.1) is 23.7 Å². The Bertz CT molecular complexity index is 434. The van der Waals surface area contributed by atoms with Crippen molar-refractivity contribution in [3.8, 4) is 0 Å². The Hall–Kier alpha value is -1.17. The molecule has 0 bridgehead atoms. The van der Waals surface area contributed by atoms with E-state index >= 15 is 0 Å². The summed E-state index contributed by atoms with van der Waals surface area (Å²) in [4.78, 5) is 9.03. The Labute approximate surface area is 128 Å². The molecule has 0 spiro atoms. The van der Waals surface area contributed by atoms with Crippen molar-refractivity contribution in [2.45, 2.75) is 38.5 Å². The number of nitrogens with one attached hydrogen (secondary N) is 1. The summed E-state index contributed by atoms with van der Waals surface area (Å²) < 4.78 is 0. The van der Waals surface area contributed by atoms with E-state index in [9.17, 15) is 5.11 Å². The van der Waals surface area contributed by atoms with Crippen molar-refractivity contribution in [1.82, 2.24) is 15.2 Å². The quantitative estimate of drug-likeness (QED) is 0.826. The van der Waals surface area contributed by atoms with Crippen molar-refractivity contribution >= 4 is 5.69 Å². The van der Waals surface area contributed by atoms with Gasteiger partial charge in [0.2, 0.25) is 0 Å². The topological polar surface area (TPSA) is 51.6 Å². The van der Waals surface area contributed by atoms with Crippen LogP contribution < -0.4 is 10.2 Å². The summed E-state index contributed by atoms with van der Waals surface area (Å²) in [6, 6.07) is 4.83. The monoisotopic (exact) mass is 292 g/mol. The van der Waals surface area contributed by atoms with Gasteiger partial charge in [-0.15, -0.1) is 0 Å². The normalized spacial score (nSPS) is 23.8. The first-order valence-corrected chi connectivity index (χ1v) is 7.80. The number of pyridine rings is 1. The van der Waals surface area contributed by atoms with E-state index in [-0.39, 0.29) is 12.1 Å². The van der Waals surface area contributed by atoms with Crippen molar-refractivity contribution in [2.24, 2.45) is 0 Å². The number of aliphatic hydroxyl groups is 1. The number of hydrogen-bond acceptors (Lipinski definition) is 5. The third kappa shape index (κ3) is 4.15. The van der Waals surface area contributed by atoms with Gasteiger partial charge in [-0.2, -0.15) is 0 Å². The van der Waals surface area contributed by atoms with E-state index in [1.54, 1.807) is 0 Å². The molecular weight excluding hydrogens is 264 g/mol. The smallest absolute Gasteiger partial charge is 0.0735 e. The maximum absolute atomic E-state index is 9.97. The zero-order valence-corrected chi connectivity index (χ0v) is 13.6. The maximum Gasteiger partial charge on any atom is 0.0735 e. The van der Waals surface area contributed by atoms with Crippen LogP contribution in [-0.4, -0.2) is 60.9 Å². The SMILES string of the molecule is CCNC(C)c1ccc(N2CC(O)CC2CN(C)C)cn1. The van der Waals surface area contributed by atoms with Gasteiger partial charge in [-0.3, -0.25) is 4.98 Å². The maximum atomic E-state index is 9.97. The van der Waals surface area contributed by atoms with Gasteiger partial charge in [-0.25, -0.2) is 0 Å². The summed E-state index contributed by atoms with van der Waals surface area (Å²) in [5.74, 6) is 0. The Morgan fingerprint density at radius 3 is 2.81 bits per heavy atom. The van der Waals surface area contributed by atoms with Crippen LogP contribution in [0.1, 0.15) is 32.0 Å². The Balaban J connectivity index is 2.09. The summed E-state index contributed by atoms with van der Waals surface area (Å²) in [7, 11) is 4.14. The first-order valence-electron chi connectivity index (χ1n) is 7.80. The molecule has 0 aromatic carbocycles. The van der Waals surface area contributed by atoms with Crippen molar-refractivity contribution in [3.63, 3.8) is 0 Å². The molecule has 21 heavy (non-hydrogen) atoms. The van der Waals surface area contributed by atoms with Crippen molar-refractivity contribution in [3.05, 3.63) is 24.0 Å². The number of β-amino-alcohol motifs (C(OH)–C–C–N with tert-alkyl or cyclic N) is 1. The molecular formula is C16H28N4O. The lowest BCUT2D eigenvalue weighted by Gasteiger charge is -2.28. The molecule has 3 unspecified atom stereocenters. The molecule has 2 rings (SSSR count). The predicted octanol–water partition coefficient (Wildman–Crippen LogP) is 1.25. The number of anilines is 1. The van der Waals surface area contributed by atoms with Gasteiger partial charge in [0.15, 0.2) is 0 Å². The van der Waals surface area contributed by atoms with E-state index < -0.39 is 0 Å².